The van der Waals surface area contributed by atoms with Crippen LogP contribution in [0.5, 0.6) is 0 Å². The molecule has 0 bridgehead atoms. The Bertz CT molecular complexity index is 3390. The number of hydrogen-bond donors (Lipinski definition) is 1. The standard InChI is InChI=1S/C51H32N4OS/c1-3-13-31(14-4-1)49-52-50(32-15-5-2-6-16-32)54-51(53-49)33-25-28-45-41(29-33)47-37(19-12-24-46(47)57-45)38-20-11-21-39-40-30-34(26-27-44(40)56-48(38)39)55-42-22-9-7-17-35(42)36-18-8-10-23-43(36)55/h1-30,51H,(H,52,53,54). The van der Waals surface area contributed by atoms with Crippen molar-refractivity contribution in [1.82, 2.24) is 9.88 Å². The number of amidine groups is 2. The fourth-order valence-electron chi connectivity index (χ4n) is 8.66. The Balaban J connectivity index is 1.01. The molecule has 0 spiro atoms. The predicted octanol–water partition coefficient (Wildman–Crippen LogP) is 13.2. The molecule has 0 fully saturated rings. The van der Waals surface area contributed by atoms with Gasteiger partial charge in [0.25, 0.3) is 0 Å². The summed E-state index contributed by atoms with van der Waals surface area (Å²) in [4.78, 5) is 10.2. The third-order valence-corrected chi connectivity index (χ3v) is 12.4. The van der Waals surface area contributed by atoms with E-state index in [0.717, 1.165) is 61.3 Å². The molecule has 3 aromatic heterocycles. The van der Waals surface area contributed by atoms with Crippen molar-refractivity contribution >= 4 is 86.9 Å². The second kappa shape index (κ2) is 12.6. The Morgan fingerprint density at radius 1 is 0.526 bits per heavy atom. The summed E-state index contributed by atoms with van der Waals surface area (Å²) in [6.07, 6.45) is -0.318. The molecule has 57 heavy (non-hydrogen) atoms. The molecule has 0 saturated heterocycles. The molecule has 5 nitrogen and oxygen atoms in total. The Morgan fingerprint density at radius 3 is 2.00 bits per heavy atom. The van der Waals surface area contributed by atoms with E-state index in [0.29, 0.717) is 5.84 Å². The molecule has 1 N–H and O–H groups in total. The first kappa shape index (κ1) is 32.0. The van der Waals surface area contributed by atoms with Crippen LogP contribution in [0.4, 0.5) is 0 Å². The fraction of sp³-hybridized carbons (Fsp3) is 0.0196. The van der Waals surface area contributed by atoms with E-state index >= 15 is 0 Å². The van der Waals surface area contributed by atoms with Gasteiger partial charge in [-0.3, -0.25) is 0 Å². The highest BCUT2D eigenvalue weighted by Gasteiger charge is 2.23. The summed E-state index contributed by atoms with van der Waals surface area (Å²) in [6, 6.07) is 64.3. The topological polar surface area (TPSA) is 54.8 Å². The van der Waals surface area contributed by atoms with E-state index in [1.165, 1.54) is 42.0 Å². The lowest BCUT2D eigenvalue weighted by atomic mass is 9.96. The molecule has 1 aliphatic heterocycles. The maximum absolute atomic E-state index is 6.80. The summed E-state index contributed by atoms with van der Waals surface area (Å²) in [5.74, 6) is 1.52. The van der Waals surface area contributed by atoms with Gasteiger partial charge in [0.05, 0.1) is 11.0 Å². The number of hydrogen-bond acceptors (Lipinski definition) is 5. The third kappa shape index (κ3) is 5.08. The zero-order chi connectivity index (χ0) is 37.5. The van der Waals surface area contributed by atoms with Gasteiger partial charge in [-0.1, -0.05) is 133 Å². The van der Waals surface area contributed by atoms with Gasteiger partial charge in [0.1, 0.15) is 23.2 Å². The number of nitrogens with one attached hydrogen (secondary N) is 1. The SMILES string of the molecule is c1ccc(C2=NC(c3ccc4sc5cccc(-c6cccc7c6oc6ccc(-n8c9ccccc9c9ccccc98)cc67)c5c4c3)NC(c3ccccc3)=N2)cc1. The Labute approximate surface area is 331 Å². The maximum Gasteiger partial charge on any atom is 0.159 e. The van der Waals surface area contributed by atoms with E-state index in [2.05, 4.69) is 155 Å². The van der Waals surface area contributed by atoms with Crippen molar-refractivity contribution in [2.24, 2.45) is 9.98 Å². The van der Waals surface area contributed by atoms with Gasteiger partial charge in [-0.15, -0.1) is 11.3 Å². The second-order valence-electron chi connectivity index (χ2n) is 14.6. The van der Waals surface area contributed by atoms with E-state index in [9.17, 15) is 0 Å². The van der Waals surface area contributed by atoms with Crippen molar-refractivity contribution in [1.29, 1.82) is 0 Å². The number of aliphatic imine (C=N–C) groups is 2. The summed E-state index contributed by atoms with van der Waals surface area (Å²) in [5.41, 5.74) is 10.6. The summed E-state index contributed by atoms with van der Waals surface area (Å²) in [5, 5.41) is 10.8. The normalized spacial score (nSPS) is 14.5. The number of nitrogens with zero attached hydrogens (tertiary/aromatic N) is 3. The molecule has 1 atom stereocenters. The van der Waals surface area contributed by atoms with Crippen LogP contribution in [0.25, 0.3) is 80.7 Å². The van der Waals surface area contributed by atoms with Crippen molar-refractivity contribution in [3.05, 3.63) is 199 Å². The molecular weight excluding hydrogens is 717 g/mol. The molecule has 12 rings (SSSR count). The van der Waals surface area contributed by atoms with E-state index in [1.807, 2.05) is 47.7 Å². The van der Waals surface area contributed by atoms with E-state index < -0.39 is 0 Å². The second-order valence-corrected chi connectivity index (χ2v) is 15.6. The van der Waals surface area contributed by atoms with Gasteiger partial charge < -0.3 is 14.3 Å². The molecule has 0 amide bonds. The predicted molar refractivity (Wildman–Crippen MR) is 238 cm³/mol. The van der Waals surface area contributed by atoms with Gasteiger partial charge in [0, 0.05) is 64.1 Å². The molecule has 268 valence electrons. The number of fused-ring (bicyclic) bond motifs is 9. The van der Waals surface area contributed by atoms with Gasteiger partial charge in [-0.05, 0) is 59.7 Å². The Morgan fingerprint density at radius 2 is 1.21 bits per heavy atom. The minimum absolute atomic E-state index is 0.318. The van der Waals surface area contributed by atoms with Crippen LogP contribution in [-0.4, -0.2) is 16.2 Å². The number of furan rings is 1. The van der Waals surface area contributed by atoms with Crippen LogP contribution in [0, 0.1) is 0 Å². The average molecular weight is 749 g/mol. The lowest BCUT2D eigenvalue weighted by Gasteiger charge is -2.23. The summed E-state index contributed by atoms with van der Waals surface area (Å²) >= 11 is 1.82. The third-order valence-electron chi connectivity index (χ3n) is 11.3. The van der Waals surface area contributed by atoms with E-state index in [1.54, 1.807) is 0 Å². The zero-order valence-electron chi connectivity index (χ0n) is 30.6. The average Bonchev–Trinajstić information content (AvgIpc) is 3.96. The molecule has 0 radical (unpaired) electrons. The lowest BCUT2D eigenvalue weighted by molar-refractivity contribution is 0.670. The quantitative estimate of drug-likeness (QED) is 0.191. The van der Waals surface area contributed by atoms with Crippen molar-refractivity contribution < 1.29 is 4.42 Å². The summed E-state index contributed by atoms with van der Waals surface area (Å²) in [6.45, 7) is 0. The van der Waals surface area contributed by atoms with Crippen molar-refractivity contribution in [3.8, 4) is 16.8 Å². The van der Waals surface area contributed by atoms with Gasteiger partial charge in [0.15, 0.2) is 5.84 Å². The highest BCUT2D eigenvalue weighted by molar-refractivity contribution is 7.26. The summed E-state index contributed by atoms with van der Waals surface area (Å²) in [7, 11) is 0. The Kier molecular flexibility index (Phi) is 7.09. The van der Waals surface area contributed by atoms with Crippen LogP contribution in [0.1, 0.15) is 22.9 Å². The number of para-hydroxylation sites is 3. The first-order chi connectivity index (χ1) is 28.2. The van der Waals surface area contributed by atoms with Crippen LogP contribution < -0.4 is 5.32 Å². The van der Waals surface area contributed by atoms with E-state index in [4.69, 9.17) is 14.4 Å². The molecule has 6 heteroatoms. The first-order valence-corrected chi connectivity index (χ1v) is 20.0. The Hall–Kier alpha value is -7.28. The molecule has 11 aromatic rings. The maximum atomic E-state index is 6.80. The molecule has 1 aliphatic rings. The fourth-order valence-corrected chi connectivity index (χ4v) is 9.77. The largest absolute Gasteiger partial charge is 0.455 e. The van der Waals surface area contributed by atoms with Crippen LogP contribution >= 0.6 is 11.3 Å². The first-order valence-electron chi connectivity index (χ1n) is 19.2. The monoisotopic (exact) mass is 748 g/mol. The minimum Gasteiger partial charge on any atom is -0.455 e. The lowest BCUT2D eigenvalue weighted by Crippen LogP contribution is -2.33. The molecule has 4 heterocycles. The zero-order valence-corrected chi connectivity index (χ0v) is 31.4. The molecule has 0 saturated carbocycles. The van der Waals surface area contributed by atoms with Crippen LogP contribution in [0.15, 0.2) is 196 Å². The van der Waals surface area contributed by atoms with Crippen molar-refractivity contribution in [3.63, 3.8) is 0 Å². The minimum atomic E-state index is -0.318. The molecule has 8 aromatic carbocycles. The number of thiophene rings is 1. The van der Waals surface area contributed by atoms with Crippen molar-refractivity contribution in [2.75, 3.05) is 0 Å². The van der Waals surface area contributed by atoms with E-state index in [-0.39, 0.29) is 6.17 Å². The highest BCUT2D eigenvalue weighted by Crippen LogP contribution is 2.45. The smallest absolute Gasteiger partial charge is 0.159 e. The van der Waals surface area contributed by atoms with Crippen LogP contribution in [0.2, 0.25) is 0 Å². The summed E-state index contributed by atoms with van der Waals surface area (Å²) < 4.78 is 11.6. The van der Waals surface area contributed by atoms with Gasteiger partial charge >= 0.3 is 0 Å². The van der Waals surface area contributed by atoms with Gasteiger partial charge in [-0.2, -0.15) is 0 Å². The molecule has 1 unspecified atom stereocenters. The number of rotatable bonds is 5. The molecule has 0 aliphatic carbocycles. The van der Waals surface area contributed by atoms with Crippen molar-refractivity contribution in [2.45, 2.75) is 6.17 Å². The number of aromatic nitrogens is 1. The highest BCUT2D eigenvalue weighted by atomic mass is 32.1. The van der Waals surface area contributed by atoms with Gasteiger partial charge in [0.2, 0.25) is 0 Å². The number of benzene rings is 8. The molecular formula is C51H32N4OS. The van der Waals surface area contributed by atoms with Crippen LogP contribution in [-0.2, 0) is 0 Å². The van der Waals surface area contributed by atoms with Gasteiger partial charge in [-0.25, -0.2) is 9.98 Å². The van der Waals surface area contributed by atoms with Crippen LogP contribution in [0.3, 0.4) is 0 Å².